The third kappa shape index (κ3) is 2.86. The van der Waals surface area contributed by atoms with Gasteiger partial charge in [-0.25, -0.2) is 4.98 Å². The van der Waals surface area contributed by atoms with Gasteiger partial charge in [0.05, 0.1) is 18.2 Å². The van der Waals surface area contributed by atoms with Gasteiger partial charge in [-0.3, -0.25) is 4.79 Å². The van der Waals surface area contributed by atoms with Crippen LogP contribution in [-0.4, -0.2) is 9.55 Å². The van der Waals surface area contributed by atoms with Crippen molar-refractivity contribution in [2.75, 3.05) is 0 Å². The van der Waals surface area contributed by atoms with Crippen molar-refractivity contribution in [1.82, 2.24) is 9.55 Å². The molecule has 0 fully saturated rings. The predicted molar refractivity (Wildman–Crippen MR) is 84.0 cm³/mol. The van der Waals surface area contributed by atoms with Crippen molar-refractivity contribution in [3.8, 4) is 6.07 Å². The SMILES string of the molecule is N#Cc1cccc(Cn2cc3cc(Br)ncc3cc2=O)c1. The molecule has 1 aromatic carbocycles. The van der Waals surface area contributed by atoms with E-state index in [1.165, 1.54) is 0 Å². The van der Waals surface area contributed by atoms with E-state index in [-0.39, 0.29) is 5.56 Å². The van der Waals surface area contributed by atoms with Crippen molar-refractivity contribution in [2.24, 2.45) is 0 Å². The maximum atomic E-state index is 12.1. The van der Waals surface area contributed by atoms with E-state index in [1.54, 1.807) is 29.0 Å². The van der Waals surface area contributed by atoms with Crippen LogP contribution in [0.25, 0.3) is 10.8 Å². The number of rotatable bonds is 2. The summed E-state index contributed by atoms with van der Waals surface area (Å²) in [6, 6.07) is 12.8. The quantitative estimate of drug-likeness (QED) is 0.674. The molecular formula is C16H10BrN3O. The Morgan fingerprint density at radius 2 is 2.10 bits per heavy atom. The number of hydrogen-bond donors (Lipinski definition) is 0. The Morgan fingerprint density at radius 3 is 2.90 bits per heavy atom. The van der Waals surface area contributed by atoms with Gasteiger partial charge < -0.3 is 4.57 Å². The summed E-state index contributed by atoms with van der Waals surface area (Å²) in [6.45, 7) is 0.435. The molecule has 0 spiro atoms. The van der Waals surface area contributed by atoms with Gasteiger partial charge in [0, 0.05) is 29.2 Å². The molecule has 21 heavy (non-hydrogen) atoms. The number of nitrogens with zero attached hydrogens (tertiary/aromatic N) is 3. The summed E-state index contributed by atoms with van der Waals surface area (Å²) in [5, 5.41) is 10.7. The topological polar surface area (TPSA) is 58.7 Å². The lowest BCUT2D eigenvalue weighted by molar-refractivity contribution is 0.766. The van der Waals surface area contributed by atoms with E-state index in [1.807, 2.05) is 24.4 Å². The Morgan fingerprint density at radius 1 is 1.24 bits per heavy atom. The maximum absolute atomic E-state index is 12.1. The largest absolute Gasteiger partial charge is 0.310 e. The van der Waals surface area contributed by atoms with E-state index in [0.717, 1.165) is 20.9 Å². The van der Waals surface area contributed by atoms with Gasteiger partial charge in [-0.1, -0.05) is 12.1 Å². The summed E-state index contributed by atoms with van der Waals surface area (Å²) in [7, 11) is 0. The van der Waals surface area contributed by atoms with E-state index >= 15 is 0 Å². The van der Waals surface area contributed by atoms with Crippen LogP contribution in [0.2, 0.25) is 0 Å². The molecule has 2 aromatic heterocycles. The zero-order chi connectivity index (χ0) is 14.8. The summed E-state index contributed by atoms with van der Waals surface area (Å²) < 4.78 is 2.36. The first-order valence-corrected chi connectivity index (χ1v) is 7.10. The van der Waals surface area contributed by atoms with Crippen LogP contribution in [0.15, 0.2) is 58.2 Å². The molecule has 0 unspecified atom stereocenters. The zero-order valence-electron chi connectivity index (χ0n) is 11.0. The van der Waals surface area contributed by atoms with Crippen LogP contribution in [0, 0.1) is 11.3 Å². The first-order valence-electron chi connectivity index (χ1n) is 6.30. The van der Waals surface area contributed by atoms with Crippen LogP contribution in [0.3, 0.4) is 0 Å². The van der Waals surface area contributed by atoms with Crippen molar-refractivity contribution in [1.29, 1.82) is 5.26 Å². The van der Waals surface area contributed by atoms with Gasteiger partial charge in [-0.05, 0) is 39.7 Å². The second-order valence-electron chi connectivity index (χ2n) is 4.69. The van der Waals surface area contributed by atoms with Gasteiger partial charge in [0.25, 0.3) is 5.56 Å². The van der Waals surface area contributed by atoms with Gasteiger partial charge >= 0.3 is 0 Å². The third-order valence-electron chi connectivity index (χ3n) is 3.20. The molecule has 0 aliphatic rings. The van der Waals surface area contributed by atoms with Crippen molar-refractivity contribution in [2.45, 2.75) is 6.54 Å². The molecule has 102 valence electrons. The van der Waals surface area contributed by atoms with E-state index < -0.39 is 0 Å². The van der Waals surface area contributed by atoms with Gasteiger partial charge in [0.2, 0.25) is 0 Å². The first-order chi connectivity index (χ1) is 10.2. The van der Waals surface area contributed by atoms with Crippen molar-refractivity contribution in [3.63, 3.8) is 0 Å². The number of fused-ring (bicyclic) bond motifs is 1. The molecule has 0 aliphatic carbocycles. The minimum Gasteiger partial charge on any atom is -0.310 e. The highest BCUT2D eigenvalue weighted by Crippen LogP contribution is 2.15. The Labute approximate surface area is 129 Å². The van der Waals surface area contributed by atoms with Crippen molar-refractivity contribution >= 4 is 26.7 Å². The number of pyridine rings is 2. The molecule has 3 aromatic rings. The maximum Gasteiger partial charge on any atom is 0.251 e. The molecule has 0 radical (unpaired) electrons. The lowest BCUT2D eigenvalue weighted by Crippen LogP contribution is -2.19. The molecule has 0 aliphatic heterocycles. The van der Waals surface area contributed by atoms with Crippen LogP contribution in [-0.2, 0) is 6.54 Å². The van der Waals surface area contributed by atoms with E-state index in [0.29, 0.717) is 12.1 Å². The second-order valence-corrected chi connectivity index (χ2v) is 5.50. The third-order valence-corrected chi connectivity index (χ3v) is 3.63. The van der Waals surface area contributed by atoms with E-state index in [9.17, 15) is 4.79 Å². The lowest BCUT2D eigenvalue weighted by Gasteiger charge is -2.08. The lowest BCUT2D eigenvalue weighted by atomic mass is 10.1. The minimum atomic E-state index is -0.0889. The van der Waals surface area contributed by atoms with Crippen LogP contribution in [0.1, 0.15) is 11.1 Å². The fraction of sp³-hybridized carbons (Fsp3) is 0.0625. The average Bonchev–Trinajstić information content (AvgIpc) is 2.49. The number of benzene rings is 1. The fourth-order valence-electron chi connectivity index (χ4n) is 2.19. The first kappa shape index (κ1) is 13.5. The number of halogens is 1. The van der Waals surface area contributed by atoms with Crippen LogP contribution < -0.4 is 5.56 Å². The summed E-state index contributed by atoms with van der Waals surface area (Å²) in [6.07, 6.45) is 3.48. The fourth-order valence-corrected chi connectivity index (χ4v) is 2.54. The van der Waals surface area contributed by atoms with Gasteiger partial charge in [0.15, 0.2) is 0 Å². The van der Waals surface area contributed by atoms with Crippen LogP contribution in [0.5, 0.6) is 0 Å². The smallest absolute Gasteiger partial charge is 0.251 e. The summed E-state index contributed by atoms with van der Waals surface area (Å²) in [5.41, 5.74) is 1.42. The van der Waals surface area contributed by atoms with Crippen molar-refractivity contribution < 1.29 is 0 Å². The summed E-state index contributed by atoms with van der Waals surface area (Å²) in [4.78, 5) is 16.3. The Balaban J connectivity index is 2.05. The molecule has 3 rings (SSSR count). The number of hydrogen-bond acceptors (Lipinski definition) is 3. The molecule has 0 bridgehead atoms. The zero-order valence-corrected chi connectivity index (χ0v) is 12.5. The molecule has 5 heteroatoms. The van der Waals surface area contributed by atoms with Gasteiger partial charge in [-0.2, -0.15) is 5.26 Å². The monoisotopic (exact) mass is 339 g/mol. The highest BCUT2D eigenvalue weighted by Gasteiger charge is 2.03. The molecule has 0 amide bonds. The average molecular weight is 340 g/mol. The van der Waals surface area contributed by atoms with Crippen molar-refractivity contribution in [3.05, 3.63) is 74.9 Å². The standard InChI is InChI=1S/C16H10BrN3O/c17-15-5-14-10-20(16(21)6-13(14)8-19-15)9-12-3-1-2-11(4-12)7-18/h1-6,8,10H,9H2. The second kappa shape index (κ2) is 5.51. The Hall–Kier alpha value is -2.45. The van der Waals surface area contributed by atoms with E-state index in [4.69, 9.17) is 5.26 Å². The molecule has 0 saturated carbocycles. The molecule has 2 heterocycles. The van der Waals surface area contributed by atoms with Gasteiger partial charge in [-0.15, -0.1) is 0 Å². The molecular weight excluding hydrogens is 330 g/mol. The summed E-state index contributed by atoms with van der Waals surface area (Å²) >= 11 is 3.33. The summed E-state index contributed by atoms with van der Waals surface area (Å²) in [5.74, 6) is 0. The minimum absolute atomic E-state index is 0.0889. The normalized spacial score (nSPS) is 10.5. The Kier molecular flexibility index (Phi) is 3.55. The molecule has 0 saturated heterocycles. The Bertz CT molecular complexity index is 925. The number of nitriles is 1. The predicted octanol–water partition coefficient (Wildman–Crippen LogP) is 3.08. The van der Waals surface area contributed by atoms with Crippen LogP contribution in [0.4, 0.5) is 0 Å². The van der Waals surface area contributed by atoms with Crippen LogP contribution >= 0.6 is 15.9 Å². The van der Waals surface area contributed by atoms with E-state index in [2.05, 4.69) is 27.0 Å². The molecule has 0 atom stereocenters. The van der Waals surface area contributed by atoms with Gasteiger partial charge in [0.1, 0.15) is 4.60 Å². The highest BCUT2D eigenvalue weighted by atomic mass is 79.9. The number of aromatic nitrogens is 2. The highest BCUT2D eigenvalue weighted by molar-refractivity contribution is 9.10. The molecule has 0 N–H and O–H groups in total. The molecule has 4 nitrogen and oxygen atoms in total.